The van der Waals surface area contributed by atoms with Crippen LogP contribution in [0, 0.1) is 6.92 Å². The van der Waals surface area contributed by atoms with E-state index in [1.54, 1.807) is 25.1 Å². The van der Waals surface area contributed by atoms with Crippen molar-refractivity contribution >= 4 is 9.84 Å². The van der Waals surface area contributed by atoms with Crippen LogP contribution in [-0.2, 0) is 53.3 Å². The van der Waals surface area contributed by atoms with Crippen LogP contribution in [0.1, 0.15) is 22.3 Å². The fraction of sp³-hybridized carbons (Fsp3) is 0.314. The standard InChI is InChI=1S/C35H38O8S/c1-25-14-12-13-21-29(25)44(37,38)34(36)32-30(40-22-26-15-6-3-7-16-26)31(41-23-27-17-8-4-9-18-27)33(35(39-2)43-32)42-24-28-19-10-5-11-20-28/h3-21,30-36H,22-24H2,1-2H3/t30-,31-,32-,33-,34?,35-/m0/s1. The van der Waals surface area contributed by atoms with Crippen molar-refractivity contribution in [3.8, 4) is 0 Å². The van der Waals surface area contributed by atoms with Gasteiger partial charge in [-0.2, -0.15) is 0 Å². The number of hydrogen-bond donors (Lipinski definition) is 1. The molecule has 8 nitrogen and oxygen atoms in total. The van der Waals surface area contributed by atoms with E-state index in [-0.39, 0.29) is 24.7 Å². The second-order valence-corrected chi connectivity index (χ2v) is 12.7. The lowest BCUT2D eigenvalue weighted by molar-refractivity contribution is -0.324. The summed E-state index contributed by atoms with van der Waals surface area (Å²) in [5.41, 5.74) is 1.21. The predicted molar refractivity (Wildman–Crippen MR) is 165 cm³/mol. The molecule has 1 unspecified atom stereocenters. The molecule has 1 heterocycles. The Kier molecular flexibility index (Phi) is 10.9. The molecule has 1 fully saturated rings. The molecule has 9 heteroatoms. The average Bonchev–Trinajstić information content (AvgIpc) is 3.06. The smallest absolute Gasteiger partial charge is 0.207 e. The molecular weight excluding hydrogens is 580 g/mol. The number of sulfone groups is 1. The van der Waals surface area contributed by atoms with E-state index >= 15 is 0 Å². The molecule has 0 amide bonds. The molecule has 232 valence electrons. The minimum absolute atomic E-state index is 0.0103. The molecule has 5 rings (SSSR count). The van der Waals surface area contributed by atoms with Gasteiger partial charge < -0.3 is 28.8 Å². The first-order chi connectivity index (χ1) is 21.4. The molecule has 1 aliphatic rings. The Labute approximate surface area is 259 Å². The monoisotopic (exact) mass is 618 g/mol. The van der Waals surface area contributed by atoms with E-state index in [1.807, 2.05) is 91.0 Å². The van der Waals surface area contributed by atoms with Gasteiger partial charge in [-0.15, -0.1) is 0 Å². The zero-order chi connectivity index (χ0) is 30.9. The fourth-order valence-corrected chi connectivity index (χ4v) is 6.91. The molecular formula is C35H38O8S. The van der Waals surface area contributed by atoms with Gasteiger partial charge in [0.05, 0.1) is 24.7 Å². The van der Waals surface area contributed by atoms with Crippen molar-refractivity contribution in [2.24, 2.45) is 0 Å². The van der Waals surface area contributed by atoms with Gasteiger partial charge in [0.15, 0.2) is 11.7 Å². The van der Waals surface area contributed by atoms with Crippen LogP contribution in [0.4, 0.5) is 0 Å². The number of rotatable bonds is 13. The number of aliphatic hydroxyl groups excluding tert-OH is 1. The summed E-state index contributed by atoms with van der Waals surface area (Å²) in [7, 11) is -2.83. The summed E-state index contributed by atoms with van der Waals surface area (Å²) in [6, 6.07) is 35.2. The summed E-state index contributed by atoms with van der Waals surface area (Å²) in [6.07, 6.45) is -5.20. The van der Waals surface area contributed by atoms with E-state index in [0.29, 0.717) is 5.56 Å². The lowest BCUT2D eigenvalue weighted by atomic mass is 9.97. The van der Waals surface area contributed by atoms with Crippen molar-refractivity contribution in [3.63, 3.8) is 0 Å². The van der Waals surface area contributed by atoms with E-state index in [2.05, 4.69) is 0 Å². The SMILES string of the molecule is CO[C@H]1O[C@H](C(O)S(=O)(=O)c2ccccc2C)[C@@H](OCc2ccccc2)[C@H](OCc2ccccc2)[C@@H]1OCc1ccccc1. The van der Waals surface area contributed by atoms with Crippen LogP contribution in [0.2, 0.25) is 0 Å². The second-order valence-electron chi connectivity index (χ2n) is 10.7. The third-order valence-corrected chi connectivity index (χ3v) is 9.59. The number of methoxy groups -OCH3 is 1. The summed E-state index contributed by atoms with van der Waals surface area (Å²) >= 11 is 0. The molecule has 0 saturated carbocycles. The van der Waals surface area contributed by atoms with Gasteiger partial charge in [0.25, 0.3) is 0 Å². The van der Waals surface area contributed by atoms with Gasteiger partial charge in [0.1, 0.15) is 24.4 Å². The Bertz CT molecular complexity index is 1550. The largest absolute Gasteiger partial charge is 0.375 e. The Morgan fingerprint density at radius 2 is 1.09 bits per heavy atom. The van der Waals surface area contributed by atoms with Crippen molar-refractivity contribution in [1.29, 1.82) is 0 Å². The highest BCUT2D eigenvalue weighted by Gasteiger charge is 2.53. The van der Waals surface area contributed by atoms with E-state index in [4.69, 9.17) is 23.7 Å². The number of aliphatic hydroxyl groups is 1. The van der Waals surface area contributed by atoms with Crippen LogP contribution in [0.3, 0.4) is 0 Å². The molecule has 1 aliphatic heterocycles. The molecule has 1 N–H and O–H groups in total. The normalized spacial score (nSPS) is 22.8. The molecule has 44 heavy (non-hydrogen) atoms. The highest BCUT2D eigenvalue weighted by atomic mass is 32.2. The Morgan fingerprint density at radius 1 is 0.659 bits per heavy atom. The molecule has 0 aliphatic carbocycles. The Morgan fingerprint density at radius 3 is 1.57 bits per heavy atom. The molecule has 0 spiro atoms. The first kappa shape index (κ1) is 32.0. The minimum Gasteiger partial charge on any atom is -0.375 e. The van der Waals surface area contributed by atoms with Crippen LogP contribution in [0.15, 0.2) is 120 Å². The third kappa shape index (κ3) is 7.62. The van der Waals surface area contributed by atoms with Gasteiger partial charge in [-0.1, -0.05) is 109 Å². The van der Waals surface area contributed by atoms with Gasteiger partial charge >= 0.3 is 0 Å². The van der Waals surface area contributed by atoms with E-state index in [9.17, 15) is 13.5 Å². The predicted octanol–water partition coefficient (Wildman–Crippen LogP) is 5.21. The first-order valence-electron chi connectivity index (χ1n) is 14.5. The van der Waals surface area contributed by atoms with Gasteiger partial charge in [0, 0.05) is 7.11 Å². The van der Waals surface area contributed by atoms with Gasteiger partial charge in [0.2, 0.25) is 9.84 Å². The second kappa shape index (κ2) is 15.0. The van der Waals surface area contributed by atoms with Crippen LogP contribution < -0.4 is 0 Å². The summed E-state index contributed by atoms with van der Waals surface area (Å²) in [4.78, 5) is 0.0103. The summed E-state index contributed by atoms with van der Waals surface area (Å²) < 4.78 is 59.0. The maximum absolute atomic E-state index is 13.8. The first-order valence-corrected chi connectivity index (χ1v) is 16.1. The Hall–Kier alpha value is -3.41. The maximum atomic E-state index is 13.8. The number of aryl methyl sites for hydroxylation is 1. The quantitative estimate of drug-likeness (QED) is 0.218. The van der Waals surface area contributed by atoms with Crippen LogP contribution >= 0.6 is 0 Å². The number of hydrogen-bond acceptors (Lipinski definition) is 8. The summed E-state index contributed by atoms with van der Waals surface area (Å²) in [6.45, 7) is 2.21. The van der Waals surface area contributed by atoms with Crippen molar-refractivity contribution in [2.45, 2.75) is 67.8 Å². The van der Waals surface area contributed by atoms with Crippen LogP contribution in [-0.4, -0.2) is 56.8 Å². The number of benzene rings is 4. The van der Waals surface area contributed by atoms with E-state index < -0.39 is 46.0 Å². The van der Waals surface area contributed by atoms with Crippen LogP contribution in [0.5, 0.6) is 0 Å². The molecule has 6 atom stereocenters. The minimum atomic E-state index is -4.28. The van der Waals surface area contributed by atoms with Crippen molar-refractivity contribution in [2.75, 3.05) is 7.11 Å². The summed E-state index contributed by atoms with van der Waals surface area (Å²) in [5.74, 6) is 0. The molecule has 4 aromatic carbocycles. The molecule has 0 radical (unpaired) electrons. The molecule has 1 saturated heterocycles. The topological polar surface area (TPSA) is 101 Å². The Balaban J connectivity index is 1.52. The fourth-order valence-electron chi connectivity index (χ4n) is 5.29. The van der Waals surface area contributed by atoms with Gasteiger partial charge in [-0.3, -0.25) is 0 Å². The highest BCUT2D eigenvalue weighted by Crippen LogP contribution is 2.35. The van der Waals surface area contributed by atoms with Crippen molar-refractivity contribution in [3.05, 3.63) is 138 Å². The van der Waals surface area contributed by atoms with E-state index in [1.165, 1.54) is 13.2 Å². The highest BCUT2D eigenvalue weighted by molar-refractivity contribution is 7.92. The molecule has 0 bridgehead atoms. The van der Waals surface area contributed by atoms with E-state index in [0.717, 1.165) is 16.7 Å². The molecule has 4 aromatic rings. The van der Waals surface area contributed by atoms with Gasteiger partial charge in [-0.25, -0.2) is 8.42 Å². The van der Waals surface area contributed by atoms with Gasteiger partial charge in [-0.05, 0) is 35.2 Å². The lowest BCUT2D eigenvalue weighted by Gasteiger charge is -2.46. The molecule has 0 aromatic heterocycles. The third-order valence-electron chi connectivity index (χ3n) is 7.62. The van der Waals surface area contributed by atoms with Crippen molar-refractivity contribution in [1.82, 2.24) is 0 Å². The lowest BCUT2D eigenvalue weighted by Crippen LogP contribution is -2.64. The van der Waals surface area contributed by atoms with Crippen LogP contribution in [0.25, 0.3) is 0 Å². The maximum Gasteiger partial charge on any atom is 0.207 e. The zero-order valence-electron chi connectivity index (χ0n) is 24.8. The number of ether oxygens (including phenoxy) is 5. The zero-order valence-corrected chi connectivity index (χ0v) is 25.6. The average molecular weight is 619 g/mol. The summed E-state index contributed by atoms with van der Waals surface area (Å²) in [5, 5.41) is 11.6. The van der Waals surface area contributed by atoms with Crippen molar-refractivity contribution < 1.29 is 37.2 Å².